The third-order valence-electron chi connectivity index (χ3n) is 6.18. The van der Waals surface area contributed by atoms with Gasteiger partial charge in [0, 0.05) is 29.4 Å². The zero-order valence-corrected chi connectivity index (χ0v) is 18.8. The zero-order valence-electron chi connectivity index (χ0n) is 18.0. The number of fused-ring (bicyclic) bond motifs is 1. The average Bonchev–Trinajstić information content (AvgIpc) is 3.20. The Morgan fingerprint density at radius 1 is 1.21 bits per heavy atom. The fourth-order valence-electron chi connectivity index (χ4n) is 4.28. The summed E-state index contributed by atoms with van der Waals surface area (Å²) in [5.74, 6) is 1.51. The lowest BCUT2D eigenvalue weighted by Crippen LogP contribution is -2.40. The van der Waals surface area contributed by atoms with E-state index in [1.54, 1.807) is 29.7 Å². The fraction of sp³-hybridized carbons (Fsp3) is 0.348. The van der Waals surface area contributed by atoms with E-state index >= 15 is 0 Å². The van der Waals surface area contributed by atoms with Gasteiger partial charge < -0.3 is 5.32 Å². The number of aryl methyl sites for hydroxylation is 2. The van der Waals surface area contributed by atoms with Crippen molar-refractivity contribution in [3.8, 4) is 22.0 Å². The number of carbonyl (C=O) groups excluding carboxylic acids is 1. The molecule has 1 amide bonds. The van der Waals surface area contributed by atoms with Gasteiger partial charge in [0.05, 0.1) is 17.5 Å². The van der Waals surface area contributed by atoms with Crippen LogP contribution >= 0.6 is 11.3 Å². The van der Waals surface area contributed by atoms with Gasteiger partial charge in [-0.05, 0) is 56.4 Å². The van der Waals surface area contributed by atoms with E-state index in [0.717, 1.165) is 34.1 Å². The summed E-state index contributed by atoms with van der Waals surface area (Å²) in [6.45, 7) is 2.69. The van der Waals surface area contributed by atoms with Crippen LogP contribution < -0.4 is 5.32 Å². The highest BCUT2D eigenvalue weighted by Gasteiger charge is 2.30. The molecular formula is C23H22FN7OS. The molecule has 1 aliphatic heterocycles. The highest BCUT2D eigenvalue weighted by molar-refractivity contribution is 7.15. The molecule has 4 aromatic rings. The van der Waals surface area contributed by atoms with Gasteiger partial charge >= 0.3 is 0 Å². The van der Waals surface area contributed by atoms with Crippen molar-refractivity contribution >= 4 is 17.2 Å². The van der Waals surface area contributed by atoms with Gasteiger partial charge in [-0.1, -0.05) is 0 Å². The standard InChI is InChI=1S/C23H22FN7OS/c1-12-20(13-2-3-13)33-23(26-12)17-11-25-29-19(17)22(32)27-16-8-9-31-18(10-16)28-21(30-31)14-4-6-15(24)7-5-14/h4-7,11,13,16H,2-3,8-10H2,1H3,(H,25,29)(H,27,32). The lowest BCUT2D eigenvalue weighted by molar-refractivity contribution is 0.0925. The van der Waals surface area contributed by atoms with Gasteiger partial charge in [-0.2, -0.15) is 10.2 Å². The number of carbonyl (C=O) groups is 1. The SMILES string of the molecule is Cc1nc(-c2cn[nH]c2C(=O)NC2CCn3nc(-c4ccc(F)cc4)nc3C2)sc1C1CC1. The number of rotatable bonds is 5. The molecule has 1 saturated carbocycles. The van der Waals surface area contributed by atoms with Gasteiger partial charge in [0.15, 0.2) is 5.82 Å². The quantitative estimate of drug-likeness (QED) is 0.468. The summed E-state index contributed by atoms with van der Waals surface area (Å²) in [6, 6.07) is 6.08. The van der Waals surface area contributed by atoms with Crippen molar-refractivity contribution in [3.05, 3.63) is 58.4 Å². The van der Waals surface area contributed by atoms with E-state index in [-0.39, 0.29) is 17.8 Å². The first kappa shape index (κ1) is 20.2. The minimum Gasteiger partial charge on any atom is -0.347 e. The normalized spacial score (nSPS) is 17.7. The van der Waals surface area contributed by atoms with E-state index in [1.807, 2.05) is 11.6 Å². The van der Waals surface area contributed by atoms with Crippen LogP contribution in [0.4, 0.5) is 4.39 Å². The Bertz CT molecular complexity index is 1340. The summed E-state index contributed by atoms with van der Waals surface area (Å²) in [5.41, 5.74) is 2.99. The molecule has 1 aliphatic carbocycles. The second-order valence-corrected chi connectivity index (χ2v) is 9.68. The first-order chi connectivity index (χ1) is 16.0. The van der Waals surface area contributed by atoms with Gasteiger partial charge in [-0.3, -0.25) is 9.89 Å². The summed E-state index contributed by atoms with van der Waals surface area (Å²) in [6.07, 6.45) is 5.44. The smallest absolute Gasteiger partial charge is 0.270 e. The van der Waals surface area contributed by atoms with E-state index in [4.69, 9.17) is 4.98 Å². The van der Waals surface area contributed by atoms with Crippen LogP contribution in [0, 0.1) is 12.7 Å². The summed E-state index contributed by atoms with van der Waals surface area (Å²) in [4.78, 5) is 23.7. The summed E-state index contributed by atoms with van der Waals surface area (Å²) < 4.78 is 15.1. The average molecular weight is 464 g/mol. The number of aromatic nitrogens is 6. The number of aromatic amines is 1. The van der Waals surface area contributed by atoms with Crippen molar-refractivity contribution < 1.29 is 9.18 Å². The fourth-order valence-corrected chi connectivity index (χ4v) is 5.53. The molecule has 10 heteroatoms. The van der Waals surface area contributed by atoms with Crippen molar-refractivity contribution in [1.29, 1.82) is 0 Å². The topological polar surface area (TPSA) is 101 Å². The summed E-state index contributed by atoms with van der Waals surface area (Å²) in [7, 11) is 0. The number of benzene rings is 1. The van der Waals surface area contributed by atoms with Crippen LogP contribution in [0.25, 0.3) is 22.0 Å². The minimum absolute atomic E-state index is 0.0635. The second kappa shape index (κ2) is 7.87. The van der Waals surface area contributed by atoms with Crippen molar-refractivity contribution in [1.82, 2.24) is 35.3 Å². The first-order valence-electron chi connectivity index (χ1n) is 11.1. The first-order valence-corrected chi connectivity index (χ1v) is 11.9. The third-order valence-corrected chi connectivity index (χ3v) is 7.53. The van der Waals surface area contributed by atoms with Gasteiger partial charge in [0.25, 0.3) is 5.91 Å². The van der Waals surface area contributed by atoms with E-state index in [1.165, 1.54) is 29.9 Å². The minimum atomic E-state index is -0.291. The molecule has 1 aromatic carbocycles. The Labute approximate surface area is 193 Å². The molecular weight excluding hydrogens is 441 g/mol. The molecule has 1 atom stereocenters. The second-order valence-electron chi connectivity index (χ2n) is 8.65. The molecule has 4 heterocycles. The number of hydrogen-bond acceptors (Lipinski definition) is 6. The van der Waals surface area contributed by atoms with Gasteiger partial charge in [0.1, 0.15) is 22.3 Å². The molecule has 6 rings (SSSR count). The molecule has 0 spiro atoms. The Morgan fingerprint density at radius 2 is 2.03 bits per heavy atom. The third kappa shape index (κ3) is 3.84. The molecule has 0 bridgehead atoms. The van der Waals surface area contributed by atoms with Crippen LogP contribution in [0.1, 0.15) is 52.1 Å². The molecule has 2 N–H and O–H groups in total. The molecule has 0 saturated heterocycles. The van der Waals surface area contributed by atoms with Crippen LogP contribution in [-0.4, -0.2) is 41.9 Å². The maximum atomic E-state index is 13.2. The van der Waals surface area contributed by atoms with Crippen molar-refractivity contribution in [3.63, 3.8) is 0 Å². The Morgan fingerprint density at radius 3 is 2.82 bits per heavy atom. The van der Waals surface area contributed by atoms with Crippen LogP contribution in [0.2, 0.25) is 0 Å². The zero-order chi connectivity index (χ0) is 22.5. The van der Waals surface area contributed by atoms with Gasteiger partial charge in [-0.15, -0.1) is 11.3 Å². The molecule has 3 aromatic heterocycles. The largest absolute Gasteiger partial charge is 0.347 e. The highest BCUT2D eigenvalue weighted by Crippen LogP contribution is 2.46. The lowest BCUT2D eigenvalue weighted by Gasteiger charge is -2.23. The molecule has 2 aliphatic rings. The molecule has 0 radical (unpaired) electrons. The van der Waals surface area contributed by atoms with E-state index in [2.05, 4.69) is 25.6 Å². The number of nitrogens with zero attached hydrogens (tertiary/aromatic N) is 5. The molecule has 1 fully saturated rings. The van der Waals surface area contributed by atoms with E-state index in [9.17, 15) is 9.18 Å². The van der Waals surface area contributed by atoms with Crippen molar-refractivity contribution in [2.24, 2.45) is 0 Å². The predicted octanol–water partition coefficient (Wildman–Crippen LogP) is 3.86. The molecule has 1 unspecified atom stereocenters. The maximum Gasteiger partial charge on any atom is 0.270 e. The number of hydrogen-bond donors (Lipinski definition) is 2. The highest BCUT2D eigenvalue weighted by atomic mass is 32.1. The van der Waals surface area contributed by atoms with Crippen molar-refractivity contribution in [2.75, 3.05) is 0 Å². The van der Waals surface area contributed by atoms with E-state index < -0.39 is 0 Å². The van der Waals surface area contributed by atoms with Crippen LogP contribution in [-0.2, 0) is 13.0 Å². The number of H-pyrrole nitrogens is 1. The Hall–Kier alpha value is -3.40. The molecule has 33 heavy (non-hydrogen) atoms. The van der Waals surface area contributed by atoms with Gasteiger partial charge in [-0.25, -0.2) is 19.0 Å². The summed E-state index contributed by atoms with van der Waals surface area (Å²) >= 11 is 1.66. The number of amides is 1. The Balaban J connectivity index is 1.18. The van der Waals surface area contributed by atoms with Gasteiger partial charge in [0.2, 0.25) is 0 Å². The van der Waals surface area contributed by atoms with Crippen LogP contribution in [0.15, 0.2) is 30.5 Å². The monoisotopic (exact) mass is 463 g/mol. The lowest BCUT2D eigenvalue weighted by atomic mass is 10.1. The van der Waals surface area contributed by atoms with E-state index in [0.29, 0.717) is 30.4 Å². The van der Waals surface area contributed by atoms with Crippen LogP contribution in [0.5, 0.6) is 0 Å². The van der Waals surface area contributed by atoms with Crippen molar-refractivity contribution in [2.45, 2.75) is 51.1 Å². The Kier molecular flexibility index (Phi) is 4.83. The van der Waals surface area contributed by atoms with Crippen LogP contribution in [0.3, 0.4) is 0 Å². The molecule has 168 valence electrons. The number of nitrogens with one attached hydrogen (secondary N) is 2. The number of thiazole rings is 1. The number of halogens is 1. The molecule has 8 nitrogen and oxygen atoms in total. The predicted molar refractivity (Wildman–Crippen MR) is 121 cm³/mol. The summed E-state index contributed by atoms with van der Waals surface area (Å²) in [5, 5.41) is 15.5. The maximum absolute atomic E-state index is 13.2.